The number of halogens is 1. The van der Waals surface area contributed by atoms with Gasteiger partial charge in [-0.2, -0.15) is 10.2 Å². The highest BCUT2D eigenvalue weighted by atomic mass is 35.5. The summed E-state index contributed by atoms with van der Waals surface area (Å²) >= 11 is 6.09. The predicted molar refractivity (Wildman–Crippen MR) is 80.1 cm³/mol. The zero-order valence-corrected chi connectivity index (χ0v) is 12.9. The maximum atomic E-state index is 12.3. The molecule has 1 heterocycles. The molecule has 0 saturated heterocycles. The molecule has 2 rings (SSSR count). The van der Waals surface area contributed by atoms with E-state index in [1.807, 2.05) is 19.9 Å². The van der Waals surface area contributed by atoms with Crippen LogP contribution in [0.2, 0.25) is 0 Å². The zero-order chi connectivity index (χ0) is 14.5. The lowest BCUT2D eigenvalue weighted by Crippen LogP contribution is -2.32. The van der Waals surface area contributed by atoms with Gasteiger partial charge in [-0.1, -0.05) is 6.92 Å². The number of rotatable bonds is 4. The SMILES string of the molecule is CCc1nnc(C)cc1C(=O)NCC1CCC(Cl)CC1. The molecule has 5 heteroatoms. The summed E-state index contributed by atoms with van der Waals surface area (Å²) in [6.45, 7) is 4.57. The van der Waals surface area contributed by atoms with Crippen LogP contribution in [0.15, 0.2) is 6.07 Å². The fraction of sp³-hybridized carbons (Fsp3) is 0.667. The van der Waals surface area contributed by atoms with E-state index in [-0.39, 0.29) is 5.91 Å². The van der Waals surface area contributed by atoms with E-state index in [4.69, 9.17) is 11.6 Å². The first kappa shape index (κ1) is 15.2. The van der Waals surface area contributed by atoms with Crippen LogP contribution in [-0.4, -0.2) is 28.0 Å². The van der Waals surface area contributed by atoms with Crippen LogP contribution in [0.3, 0.4) is 0 Å². The molecule has 0 spiro atoms. The molecule has 20 heavy (non-hydrogen) atoms. The molecule has 1 fully saturated rings. The minimum absolute atomic E-state index is 0.0344. The molecule has 1 aromatic rings. The highest BCUT2D eigenvalue weighted by Crippen LogP contribution is 2.27. The Morgan fingerprint density at radius 2 is 2.05 bits per heavy atom. The lowest BCUT2D eigenvalue weighted by Gasteiger charge is -2.25. The van der Waals surface area contributed by atoms with Crippen LogP contribution < -0.4 is 5.32 Å². The van der Waals surface area contributed by atoms with Gasteiger partial charge < -0.3 is 5.32 Å². The van der Waals surface area contributed by atoms with Crippen molar-refractivity contribution in [1.29, 1.82) is 0 Å². The second kappa shape index (κ2) is 7.02. The summed E-state index contributed by atoms with van der Waals surface area (Å²) < 4.78 is 0. The molecule has 1 aliphatic rings. The van der Waals surface area contributed by atoms with Gasteiger partial charge in [0, 0.05) is 11.9 Å². The molecule has 1 saturated carbocycles. The van der Waals surface area contributed by atoms with E-state index in [0.717, 1.165) is 43.6 Å². The molecule has 0 bridgehead atoms. The van der Waals surface area contributed by atoms with E-state index >= 15 is 0 Å². The second-order valence-electron chi connectivity index (χ2n) is 5.53. The molecule has 1 aliphatic carbocycles. The van der Waals surface area contributed by atoms with Gasteiger partial charge in [-0.3, -0.25) is 4.79 Å². The lowest BCUT2D eigenvalue weighted by atomic mass is 9.89. The van der Waals surface area contributed by atoms with Crippen molar-refractivity contribution in [2.75, 3.05) is 6.54 Å². The average molecular weight is 296 g/mol. The highest BCUT2D eigenvalue weighted by Gasteiger charge is 2.20. The molecule has 0 aliphatic heterocycles. The van der Waals surface area contributed by atoms with Gasteiger partial charge in [0.15, 0.2) is 0 Å². The van der Waals surface area contributed by atoms with Crippen LogP contribution in [0.25, 0.3) is 0 Å². The molecule has 0 aromatic carbocycles. The van der Waals surface area contributed by atoms with Crippen LogP contribution in [-0.2, 0) is 6.42 Å². The van der Waals surface area contributed by atoms with Gasteiger partial charge in [0.1, 0.15) is 0 Å². The van der Waals surface area contributed by atoms with Crippen molar-refractivity contribution in [2.24, 2.45) is 5.92 Å². The topological polar surface area (TPSA) is 54.9 Å². The Labute approximate surface area is 125 Å². The third-order valence-electron chi connectivity index (χ3n) is 3.90. The fourth-order valence-electron chi connectivity index (χ4n) is 2.63. The number of hydrogen-bond acceptors (Lipinski definition) is 3. The second-order valence-corrected chi connectivity index (χ2v) is 6.14. The zero-order valence-electron chi connectivity index (χ0n) is 12.2. The Bertz CT molecular complexity index is 470. The van der Waals surface area contributed by atoms with Crippen molar-refractivity contribution in [3.63, 3.8) is 0 Å². The monoisotopic (exact) mass is 295 g/mol. The molecule has 1 N–H and O–H groups in total. The Morgan fingerprint density at radius 3 is 2.70 bits per heavy atom. The van der Waals surface area contributed by atoms with Gasteiger partial charge in [-0.05, 0) is 51.0 Å². The number of nitrogens with one attached hydrogen (secondary N) is 1. The number of alkyl halides is 1. The Kier molecular flexibility index (Phi) is 5.35. The summed E-state index contributed by atoms with van der Waals surface area (Å²) in [5.41, 5.74) is 2.19. The van der Waals surface area contributed by atoms with Gasteiger partial charge >= 0.3 is 0 Å². The van der Waals surface area contributed by atoms with Crippen molar-refractivity contribution in [2.45, 2.75) is 51.3 Å². The fourth-order valence-corrected chi connectivity index (χ4v) is 2.88. The van der Waals surface area contributed by atoms with E-state index < -0.39 is 0 Å². The van der Waals surface area contributed by atoms with E-state index in [0.29, 0.717) is 23.3 Å². The number of aromatic nitrogens is 2. The van der Waals surface area contributed by atoms with Crippen molar-refractivity contribution < 1.29 is 4.79 Å². The third kappa shape index (κ3) is 3.92. The van der Waals surface area contributed by atoms with E-state index in [1.165, 1.54) is 0 Å². The first-order chi connectivity index (χ1) is 9.60. The van der Waals surface area contributed by atoms with Crippen molar-refractivity contribution in [1.82, 2.24) is 15.5 Å². The van der Waals surface area contributed by atoms with Crippen molar-refractivity contribution in [3.8, 4) is 0 Å². The van der Waals surface area contributed by atoms with E-state index in [1.54, 1.807) is 0 Å². The summed E-state index contributed by atoms with van der Waals surface area (Å²) in [5, 5.41) is 11.5. The van der Waals surface area contributed by atoms with Crippen LogP contribution in [0.1, 0.15) is 54.4 Å². The minimum atomic E-state index is -0.0344. The van der Waals surface area contributed by atoms with Crippen LogP contribution in [0, 0.1) is 12.8 Å². The van der Waals surface area contributed by atoms with Crippen molar-refractivity contribution in [3.05, 3.63) is 23.0 Å². The number of amides is 1. The molecule has 4 nitrogen and oxygen atoms in total. The van der Waals surface area contributed by atoms with Crippen LogP contribution in [0.5, 0.6) is 0 Å². The average Bonchev–Trinajstić information content (AvgIpc) is 2.46. The molecule has 0 radical (unpaired) electrons. The van der Waals surface area contributed by atoms with Gasteiger partial charge in [0.25, 0.3) is 5.91 Å². The molecule has 1 amide bonds. The smallest absolute Gasteiger partial charge is 0.253 e. The first-order valence-electron chi connectivity index (χ1n) is 7.35. The highest BCUT2D eigenvalue weighted by molar-refractivity contribution is 6.20. The third-order valence-corrected chi connectivity index (χ3v) is 4.34. The standard InChI is InChI=1S/C15H22ClN3O/c1-3-14-13(8-10(2)18-19-14)15(20)17-9-11-4-6-12(16)7-5-11/h8,11-12H,3-7,9H2,1-2H3,(H,17,20). The number of carbonyl (C=O) groups is 1. The predicted octanol–water partition coefficient (Wildman–Crippen LogP) is 2.87. The maximum Gasteiger partial charge on any atom is 0.253 e. The number of aryl methyl sites for hydroxylation is 2. The van der Waals surface area contributed by atoms with Crippen LogP contribution in [0.4, 0.5) is 0 Å². The number of hydrogen-bond donors (Lipinski definition) is 1. The Hall–Kier alpha value is -1.16. The number of nitrogens with zero attached hydrogens (tertiary/aromatic N) is 2. The van der Waals surface area contributed by atoms with E-state index in [9.17, 15) is 4.79 Å². The molecule has 0 unspecified atom stereocenters. The quantitative estimate of drug-likeness (QED) is 0.869. The largest absolute Gasteiger partial charge is 0.352 e. The van der Waals surface area contributed by atoms with Gasteiger partial charge in [-0.15, -0.1) is 11.6 Å². The lowest BCUT2D eigenvalue weighted by molar-refractivity contribution is 0.0942. The molecule has 1 aromatic heterocycles. The summed E-state index contributed by atoms with van der Waals surface area (Å²) in [7, 11) is 0. The number of carbonyl (C=O) groups excluding carboxylic acids is 1. The normalized spacial score (nSPS) is 22.6. The summed E-state index contributed by atoms with van der Waals surface area (Å²) in [4.78, 5) is 12.3. The van der Waals surface area contributed by atoms with Gasteiger partial charge in [-0.25, -0.2) is 0 Å². The molecule has 110 valence electrons. The first-order valence-corrected chi connectivity index (χ1v) is 7.79. The Morgan fingerprint density at radius 1 is 1.35 bits per heavy atom. The summed E-state index contributed by atoms with van der Waals surface area (Å²) in [5.74, 6) is 0.516. The molecule has 0 atom stereocenters. The Balaban J connectivity index is 1.93. The maximum absolute atomic E-state index is 12.3. The summed E-state index contributed by atoms with van der Waals surface area (Å²) in [6.07, 6.45) is 5.02. The van der Waals surface area contributed by atoms with Gasteiger partial charge in [0.05, 0.1) is 17.0 Å². The van der Waals surface area contributed by atoms with Crippen molar-refractivity contribution >= 4 is 17.5 Å². The van der Waals surface area contributed by atoms with Gasteiger partial charge in [0.2, 0.25) is 0 Å². The minimum Gasteiger partial charge on any atom is -0.352 e. The van der Waals surface area contributed by atoms with E-state index in [2.05, 4.69) is 15.5 Å². The summed E-state index contributed by atoms with van der Waals surface area (Å²) in [6, 6.07) is 1.82. The molecular weight excluding hydrogens is 274 g/mol. The molecular formula is C15H22ClN3O. The van der Waals surface area contributed by atoms with Crippen LogP contribution >= 0.6 is 11.6 Å².